The summed E-state index contributed by atoms with van der Waals surface area (Å²) in [6, 6.07) is 8.33. The standard InChI is InChI=1S/C14H18O2/c1-3-13(15)14(16-2)9-8-11-6-4-5-7-12(11)10-14/h4-7H,3,8-10H2,1-2H3. The maximum atomic E-state index is 12.0. The molecule has 2 rings (SSSR count). The van der Waals surface area contributed by atoms with Gasteiger partial charge in [0.25, 0.3) is 0 Å². The van der Waals surface area contributed by atoms with Crippen LogP contribution in [0.2, 0.25) is 0 Å². The lowest BCUT2D eigenvalue weighted by molar-refractivity contribution is -0.142. The summed E-state index contributed by atoms with van der Waals surface area (Å²) in [6.07, 6.45) is 3.03. The molecule has 0 N–H and O–H groups in total. The van der Waals surface area contributed by atoms with Gasteiger partial charge in [-0.15, -0.1) is 0 Å². The van der Waals surface area contributed by atoms with Crippen LogP contribution in [0.4, 0.5) is 0 Å². The molecule has 86 valence electrons. The first-order valence-corrected chi connectivity index (χ1v) is 5.87. The molecular formula is C14H18O2. The van der Waals surface area contributed by atoms with Crippen LogP contribution in [0.3, 0.4) is 0 Å². The van der Waals surface area contributed by atoms with Crippen molar-refractivity contribution in [2.75, 3.05) is 7.11 Å². The van der Waals surface area contributed by atoms with Gasteiger partial charge in [-0.1, -0.05) is 31.2 Å². The van der Waals surface area contributed by atoms with Crippen molar-refractivity contribution in [3.63, 3.8) is 0 Å². The monoisotopic (exact) mass is 218 g/mol. The molecule has 0 saturated heterocycles. The normalized spacial score (nSPS) is 23.9. The van der Waals surface area contributed by atoms with Crippen LogP contribution >= 0.6 is 0 Å². The number of hydrogen-bond acceptors (Lipinski definition) is 2. The molecule has 0 spiro atoms. The molecular weight excluding hydrogens is 200 g/mol. The SMILES string of the molecule is CCC(=O)C1(OC)CCc2ccccc2C1. The van der Waals surface area contributed by atoms with E-state index in [0.717, 1.165) is 19.3 Å². The second kappa shape index (κ2) is 4.38. The van der Waals surface area contributed by atoms with E-state index in [2.05, 4.69) is 18.2 Å². The molecule has 0 aromatic heterocycles. The minimum atomic E-state index is -0.566. The van der Waals surface area contributed by atoms with Crippen LogP contribution in [0.1, 0.15) is 30.9 Å². The lowest BCUT2D eigenvalue weighted by Gasteiger charge is -2.35. The Morgan fingerprint density at radius 2 is 2.06 bits per heavy atom. The van der Waals surface area contributed by atoms with Crippen LogP contribution in [0.5, 0.6) is 0 Å². The Balaban J connectivity index is 2.32. The summed E-state index contributed by atoms with van der Waals surface area (Å²) in [4.78, 5) is 12.0. The fraction of sp³-hybridized carbons (Fsp3) is 0.500. The first-order chi connectivity index (χ1) is 7.72. The molecule has 1 atom stereocenters. The predicted octanol–water partition coefficient (Wildman–Crippen LogP) is 2.54. The minimum absolute atomic E-state index is 0.226. The quantitative estimate of drug-likeness (QED) is 0.779. The molecule has 1 aliphatic rings. The number of aryl methyl sites for hydroxylation is 1. The van der Waals surface area contributed by atoms with Crippen molar-refractivity contribution in [3.8, 4) is 0 Å². The Morgan fingerprint density at radius 1 is 1.38 bits per heavy atom. The number of fused-ring (bicyclic) bond motifs is 1. The van der Waals surface area contributed by atoms with E-state index in [9.17, 15) is 4.79 Å². The molecule has 0 fully saturated rings. The van der Waals surface area contributed by atoms with E-state index in [4.69, 9.17) is 4.74 Å². The lowest BCUT2D eigenvalue weighted by atomic mass is 9.77. The van der Waals surface area contributed by atoms with Gasteiger partial charge in [0.2, 0.25) is 0 Å². The molecule has 2 heteroatoms. The van der Waals surface area contributed by atoms with E-state index in [0.29, 0.717) is 6.42 Å². The summed E-state index contributed by atoms with van der Waals surface area (Å²) in [7, 11) is 1.65. The number of benzene rings is 1. The summed E-state index contributed by atoms with van der Waals surface area (Å²) >= 11 is 0. The van der Waals surface area contributed by atoms with E-state index in [-0.39, 0.29) is 5.78 Å². The fourth-order valence-electron chi connectivity index (χ4n) is 2.55. The molecule has 0 radical (unpaired) electrons. The van der Waals surface area contributed by atoms with Gasteiger partial charge in [-0.2, -0.15) is 0 Å². The Morgan fingerprint density at radius 3 is 2.69 bits per heavy atom. The first-order valence-electron chi connectivity index (χ1n) is 5.87. The van der Waals surface area contributed by atoms with E-state index >= 15 is 0 Å². The molecule has 0 amide bonds. The largest absolute Gasteiger partial charge is 0.370 e. The van der Waals surface area contributed by atoms with Gasteiger partial charge in [0.1, 0.15) is 5.60 Å². The van der Waals surface area contributed by atoms with E-state index in [1.165, 1.54) is 11.1 Å². The second-order valence-electron chi connectivity index (χ2n) is 4.42. The zero-order valence-corrected chi connectivity index (χ0v) is 9.95. The highest BCUT2D eigenvalue weighted by Crippen LogP contribution is 2.32. The molecule has 16 heavy (non-hydrogen) atoms. The van der Waals surface area contributed by atoms with E-state index in [1.54, 1.807) is 7.11 Å². The van der Waals surface area contributed by atoms with Gasteiger partial charge >= 0.3 is 0 Å². The van der Waals surface area contributed by atoms with Crippen LogP contribution in [0.25, 0.3) is 0 Å². The third-order valence-corrected chi connectivity index (χ3v) is 3.61. The van der Waals surface area contributed by atoms with Crippen molar-refractivity contribution in [1.29, 1.82) is 0 Å². The maximum Gasteiger partial charge on any atom is 0.164 e. The highest BCUT2D eigenvalue weighted by molar-refractivity contribution is 5.87. The third kappa shape index (κ3) is 1.78. The smallest absolute Gasteiger partial charge is 0.164 e. The van der Waals surface area contributed by atoms with Gasteiger partial charge in [-0.3, -0.25) is 4.79 Å². The first kappa shape index (κ1) is 11.3. The number of carbonyl (C=O) groups excluding carboxylic acids is 1. The van der Waals surface area contributed by atoms with Gasteiger partial charge in [-0.05, 0) is 24.0 Å². The molecule has 0 saturated carbocycles. The number of carbonyl (C=O) groups is 1. The van der Waals surface area contributed by atoms with Crippen molar-refractivity contribution >= 4 is 5.78 Å². The van der Waals surface area contributed by atoms with Crippen molar-refractivity contribution < 1.29 is 9.53 Å². The van der Waals surface area contributed by atoms with Crippen LogP contribution in [0, 0.1) is 0 Å². The molecule has 1 aromatic carbocycles. The van der Waals surface area contributed by atoms with Gasteiger partial charge in [-0.25, -0.2) is 0 Å². The summed E-state index contributed by atoms with van der Waals surface area (Å²) in [5.74, 6) is 0.226. The summed E-state index contributed by atoms with van der Waals surface area (Å²) in [5.41, 5.74) is 2.06. The average molecular weight is 218 g/mol. The van der Waals surface area contributed by atoms with Crippen molar-refractivity contribution in [3.05, 3.63) is 35.4 Å². The summed E-state index contributed by atoms with van der Waals surface area (Å²) < 4.78 is 5.54. The van der Waals surface area contributed by atoms with Gasteiger partial charge in [0.05, 0.1) is 0 Å². The zero-order chi connectivity index (χ0) is 11.6. The molecule has 0 bridgehead atoms. The zero-order valence-electron chi connectivity index (χ0n) is 9.95. The van der Waals surface area contributed by atoms with Crippen LogP contribution in [0.15, 0.2) is 24.3 Å². The Hall–Kier alpha value is -1.15. The Kier molecular flexibility index (Phi) is 3.10. The molecule has 0 heterocycles. The molecule has 0 aliphatic heterocycles. The highest BCUT2D eigenvalue weighted by Gasteiger charge is 2.39. The number of Topliss-reactive ketones (excluding diaryl/α,β-unsaturated/α-hetero) is 1. The number of ketones is 1. The van der Waals surface area contributed by atoms with Gasteiger partial charge < -0.3 is 4.74 Å². The Labute approximate surface area is 96.6 Å². The predicted molar refractivity (Wildman–Crippen MR) is 63.5 cm³/mol. The van der Waals surface area contributed by atoms with Crippen LogP contribution in [-0.4, -0.2) is 18.5 Å². The third-order valence-electron chi connectivity index (χ3n) is 3.61. The average Bonchev–Trinajstić information content (AvgIpc) is 2.37. The number of methoxy groups -OCH3 is 1. The minimum Gasteiger partial charge on any atom is -0.370 e. The van der Waals surface area contributed by atoms with Gasteiger partial charge in [0.15, 0.2) is 5.78 Å². The maximum absolute atomic E-state index is 12.0. The molecule has 1 aliphatic carbocycles. The number of ether oxygens (including phenoxy) is 1. The van der Waals surface area contributed by atoms with Crippen LogP contribution < -0.4 is 0 Å². The van der Waals surface area contributed by atoms with E-state index < -0.39 is 5.60 Å². The molecule has 1 aromatic rings. The molecule has 1 unspecified atom stereocenters. The topological polar surface area (TPSA) is 26.3 Å². The summed E-state index contributed by atoms with van der Waals surface area (Å²) in [6.45, 7) is 1.91. The van der Waals surface area contributed by atoms with Gasteiger partial charge in [0, 0.05) is 20.0 Å². The number of rotatable bonds is 3. The van der Waals surface area contributed by atoms with Crippen LogP contribution in [-0.2, 0) is 22.4 Å². The highest BCUT2D eigenvalue weighted by atomic mass is 16.5. The summed E-state index contributed by atoms with van der Waals surface area (Å²) in [5, 5.41) is 0. The van der Waals surface area contributed by atoms with Crippen molar-refractivity contribution in [1.82, 2.24) is 0 Å². The fourth-order valence-corrected chi connectivity index (χ4v) is 2.55. The van der Waals surface area contributed by atoms with Crippen molar-refractivity contribution in [2.45, 2.75) is 38.2 Å². The lowest BCUT2D eigenvalue weighted by Crippen LogP contribution is -2.45. The van der Waals surface area contributed by atoms with E-state index in [1.807, 2.05) is 13.0 Å². The van der Waals surface area contributed by atoms with Crippen molar-refractivity contribution in [2.24, 2.45) is 0 Å². The number of hydrogen-bond donors (Lipinski definition) is 0. The molecule has 2 nitrogen and oxygen atoms in total. The second-order valence-corrected chi connectivity index (χ2v) is 4.42. The Bertz CT molecular complexity index is 397.